The molecule has 0 saturated carbocycles. The van der Waals surface area contributed by atoms with Crippen LogP contribution in [-0.4, -0.2) is 70.8 Å². The molecule has 6 nitrogen and oxygen atoms in total. The number of nitrogens with one attached hydrogen (secondary N) is 1. The molecule has 2 amide bonds. The average molecular weight is 340 g/mol. The molecule has 1 N–H and O–H groups in total. The number of fused-ring (bicyclic) bond motifs is 1. The van der Waals surface area contributed by atoms with Gasteiger partial charge in [-0.05, 0) is 25.1 Å². The summed E-state index contributed by atoms with van der Waals surface area (Å²) in [7, 11) is 2.07. The lowest BCUT2D eigenvalue weighted by Crippen LogP contribution is -2.53. The fraction of sp³-hybridized carbons (Fsp3) is 0.474. The van der Waals surface area contributed by atoms with Crippen molar-refractivity contribution in [1.29, 1.82) is 0 Å². The Morgan fingerprint density at radius 2 is 1.96 bits per heavy atom. The second kappa shape index (κ2) is 6.52. The number of amides is 2. The number of nitrogens with zero attached hydrogens (tertiary/aromatic N) is 3. The van der Waals surface area contributed by atoms with Crippen molar-refractivity contribution in [2.45, 2.75) is 25.4 Å². The predicted octanol–water partition coefficient (Wildman–Crippen LogP) is 1.43. The van der Waals surface area contributed by atoms with E-state index in [0.29, 0.717) is 19.4 Å². The number of rotatable bonds is 3. The molecule has 1 aromatic carbocycles. The summed E-state index contributed by atoms with van der Waals surface area (Å²) < 4.78 is 0. The van der Waals surface area contributed by atoms with Crippen LogP contribution in [0.2, 0.25) is 0 Å². The maximum Gasteiger partial charge on any atom is 0.245 e. The molecule has 0 radical (unpaired) electrons. The van der Waals surface area contributed by atoms with Crippen molar-refractivity contribution >= 4 is 22.7 Å². The zero-order valence-electron chi connectivity index (χ0n) is 14.6. The van der Waals surface area contributed by atoms with Crippen molar-refractivity contribution in [1.82, 2.24) is 19.7 Å². The van der Waals surface area contributed by atoms with Crippen LogP contribution >= 0.6 is 0 Å². The lowest BCUT2D eigenvalue weighted by molar-refractivity contribution is -0.142. The minimum absolute atomic E-state index is 0.0813. The quantitative estimate of drug-likeness (QED) is 0.920. The van der Waals surface area contributed by atoms with Crippen LogP contribution in [-0.2, 0) is 16.1 Å². The third kappa shape index (κ3) is 3.02. The van der Waals surface area contributed by atoms with E-state index in [9.17, 15) is 9.59 Å². The Morgan fingerprint density at radius 3 is 2.76 bits per heavy atom. The molecule has 2 aliphatic rings. The number of para-hydroxylation sites is 1. The van der Waals surface area contributed by atoms with Crippen molar-refractivity contribution in [2.24, 2.45) is 0 Å². The van der Waals surface area contributed by atoms with E-state index in [-0.39, 0.29) is 17.9 Å². The van der Waals surface area contributed by atoms with Crippen molar-refractivity contribution in [3.05, 3.63) is 36.0 Å². The van der Waals surface area contributed by atoms with Crippen molar-refractivity contribution in [2.75, 3.05) is 33.2 Å². The van der Waals surface area contributed by atoms with Gasteiger partial charge in [0.15, 0.2) is 0 Å². The summed E-state index contributed by atoms with van der Waals surface area (Å²) in [6.45, 7) is 3.79. The first-order valence-corrected chi connectivity index (χ1v) is 8.95. The minimum Gasteiger partial charge on any atom is -0.361 e. The maximum atomic E-state index is 13.0. The molecule has 2 aliphatic heterocycles. The largest absolute Gasteiger partial charge is 0.361 e. The fourth-order valence-corrected chi connectivity index (χ4v) is 3.87. The lowest BCUT2D eigenvalue weighted by Gasteiger charge is -2.35. The highest BCUT2D eigenvalue weighted by molar-refractivity contribution is 5.91. The highest BCUT2D eigenvalue weighted by Crippen LogP contribution is 2.26. The first-order valence-electron chi connectivity index (χ1n) is 8.95. The summed E-state index contributed by atoms with van der Waals surface area (Å²) in [5.41, 5.74) is 2.13. The second-order valence-corrected chi connectivity index (χ2v) is 7.06. The SMILES string of the molecule is CN1CCN(C(=O)[C@H]2CCC(=O)N2Cc2c[nH]c3ccccc23)CC1. The van der Waals surface area contributed by atoms with E-state index in [1.807, 2.05) is 29.3 Å². The Kier molecular flexibility index (Phi) is 4.21. The molecule has 0 bridgehead atoms. The van der Waals surface area contributed by atoms with E-state index in [0.717, 1.165) is 42.6 Å². The van der Waals surface area contributed by atoms with Gasteiger partial charge in [-0.3, -0.25) is 9.59 Å². The number of likely N-dealkylation sites (tertiary alicyclic amines) is 1. The number of aromatic amines is 1. The average Bonchev–Trinajstić information content (AvgIpc) is 3.20. The van der Waals surface area contributed by atoms with E-state index in [4.69, 9.17) is 0 Å². The molecule has 6 heteroatoms. The highest BCUT2D eigenvalue weighted by atomic mass is 16.2. The number of H-pyrrole nitrogens is 1. The third-order valence-electron chi connectivity index (χ3n) is 5.44. The van der Waals surface area contributed by atoms with Gasteiger partial charge in [0.1, 0.15) is 6.04 Å². The summed E-state index contributed by atoms with van der Waals surface area (Å²) in [5, 5.41) is 1.12. The topological polar surface area (TPSA) is 59.7 Å². The Balaban J connectivity index is 1.53. The minimum atomic E-state index is -0.315. The monoisotopic (exact) mass is 340 g/mol. The summed E-state index contributed by atoms with van der Waals surface area (Å²) >= 11 is 0. The zero-order chi connectivity index (χ0) is 17.4. The molecule has 132 valence electrons. The molecule has 0 spiro atoms. The zero-order valence-corrected chi connectivity index (χ0v) is 14.6. The van der Waals surface area contributed by atoms with E-state index in [1.54, 1.807) is 4.90 Å². The third-order valence-corrected chi connectivity index (χ3v) is 5.44. The molecule has 2 fully saturated rings. The van der Waals surface area contributed by atoms with Gasteiger partial charge in [0, 0.05) is 56.2 Å². The van der Waals surface area contributed by atoms with Gasteiger partial charge in [-0.2, -0.15) is 0 Å². The van der Waals surface area contributed by atoms with Crippen molar-refractivity contribution in [3.63, 3.8) is 0 Å². The first-order chi connectivity index (χ1) is 12.1. The van der Waals surface area contributed by atoms with Crippen LogP contribution in [0.3, 0.4) is 0 Å². The molecule has 1 aromatic heterocycles. The lowest BCUT2D eigenvalue weighted by atomic mass is 10.1. The molecule has 2 saturated heterocycles. The molecule has 0 aliphatic carbocycles. The molecule has 3 heterocycles. The number of piperazine rings is 1. The maximum absolute atomic E-state index is 13.0. The Bertz CT molecular complexity index is 792. The summed E-state index contributed by atoms with van der Waals surface area (Å²) in [5.74, 6) is 0.191. The van der Waals surface area contributed by atoms with E-state index < -0.39 is 0 Å². The molecular formula is C19H24N4O2. The Hall–Kier alpha value is -2.34. The Morgan fingerprint density at radius 1 is 1.20 bits per heavy atom. The van der Waals surface area contributed by atoms with E-state index >= 15 is 0 Å². The summed E-state index contributed by atoms with van der Waals surface area (Å²) in [6.07, 6.45) is 3.05. The van der Waals surface area contributed by atoms with Gasteiger partial charge < -0.3 is 19.7 Å². The van der Waals surface area contributed by atoms with Gasteiger partial charge in [0.05, 0.1) is 0 Å². The standard InChI is InChI=1S/C19H24N4O2/c1-21-8-10-22(11-9-21)19(25)17-6-7-18(24)23(17)13-14-12-20-16-5-3-2-4-15(14)16/h2-5,12,17,20H,6-11,13H2,1H3/t17-/m1/s1. The molecule has 2 aromatic rings. The summed E-state index contributed by atoms with van der Waals surface area (Å²) in [4.78, 5) is 34.6. The Labute approximate surface area is 147 Å². The number of aromatic nitrogens is 1. The van der Waals surface area contributed by atoms with Crippen LogP contribution in [0.5, 0.6) is 0 Å². The van der Waals surface area contributed by atoms with Gasteiger partial charge in [0.25, 0.3) is 0 Å². The number of likely N-dealkylation sites (N-methyl/N-ethyl adjacent to an activating group) is 1. The van der Waals surface area contributed by atoms with E-state index in [2.05, 4.69) is 23.0 Å². The van der Waals surface area contributed by atoms with Crippen molar-refractivity contribution < 1.29 is 9.59 Å². The van der Waals surface area contributed by atoms with Crippen LogP contribution in [0.25, 0.3) is 10.9 Å². The van der Waals surface area contributed by atoms with Crippen LogP contribution in [0.1, 0.15) is 18.4 Å². The van der Waals surface area contributed by atoms with Crippen molar-refractivity contribution in [3.8, 4) is 0 Å². The second-order valence-electron chi connectivity index (χ2n) is 7.06. The number of benzene rings is 1. The number of carbonyl (C=O) groups excluding carboxylic acids is 2. The highest BCUT2D eigenvalue weighted by Gasteiger charge is 2.38. The van der Waals surface area contributed by atoms with Gasteiger partial charge >= 0.3 is 0 Å². The fourth-order valence-electron chi connectivity index (χ4n) is 3.87. The molecule has 1 atom stereocenters. The molecule has 4 rings (SSSR count). The normalized spacial score (nSPS) is 22.1. The van der Waals surface area contributed by atoms with E-state index in [1.165, 1.54) is 0 Å². The molecule has 25 heavy (non-hydrogen) atoms. The van der Waals surface area contributed by atoms with Crippen LogP contribution in [0, 0.1) is 0 Å². The number of hydrogen-bond donors (Lipinski definition) is 1. The predicted molar refractivity (Wildman–Crippen MR) is 95.9 cm³/mol. The van der Waals surface area contributed by atoms with Gasteiger partial charge in [0.2, 0.25) is 11.8 Å². The summed E-state index contributed by atoms with van der Waals surface area (Å²) in [6, 6.07) is 7.75. The smallest absolute Gasteiger partial charge is 0.245 e. The molecular weight excluding hydrogens is 316 g/mol. The molecule has 0 unspecified atom stereocenters. The van der Waals surface area contributed by atoms with Gasteiger partial charge in [-0.1, -0.05) is 18.2 Å². The van der Waals surface area contributed by atoms with Gasteiger partial charge in [-0.15, -0.1) is 0 Å². The first kappa shape index (κ1) is 16.1. The number of carbonyl (C=O) groups is 2. The van der Waals surface area contributed by atoms with Crippen LogP contribution in [0.15, 0.2) is 30.5 Å². The van der Waals surface area contributed by atoms with Crippen LogP contribution in [0.4, 0.5) is 0 Å². The van der Waals surface area contributed by atoms with Gasteiger partial charge in [-0.25, -0.2) is 0 Å². The number of hydrogen-bond acceptors (Lipinski definition) is 3. The van der Waals surface area contributed by atoms with Crippen LogP contribution < -0.4 is 0 Å².